The maximum absolute atomic E-state index is 13.7. The number of nitrogens with zero attached hydrogens (tertiary/aromatic N) is 3. The highest BCUT2D eigenvalue weighted by Gasteiger charge is 2.14. The summed E-state index contributed by atoms with van der Waals surface area (Å²) in [6, 6.07) is 6.85. The fourth-order valence-corrected chi connectivity index (χ4v) is 2.95. The quantitative estimate of drug-likeness (QED) is 0.751. The summed E-state index contributed by atoms with van der Waals surface area (Å²) in [7, 11) is 1.91. The van der Waals surface area contributed by atoms with Gasteiger partial charge in [0, 0.05) is 13.6 Å². The lowest BCUT2D eigenvalue weighted by Crippen LogP contribution is -2.06. The molecule has 0 bridgehead atoms. The Bertz CT molecular complexity index is 843. The molecular formula is C15H17FN4S. The first-order valence-corrected chi connectivity index (χ1v) is 7.40. The molecule has 0 aliphatic carbocycles. The fourth-order valence-electron chi connectivity index (χ4n) is 2.67. The van der Waals surface area contributed by atoms with E-state index in [1.54, 1.807) is 6.07 Å². The Hall–Kier alpha value is -1.95. The average molecular weight is 304 g/mol. The minimum absolute atomic E-state index is 0.171. The van der Waals surface area contributed by atoms with Crippen molar-refractivity contribution in [1.82, 2.24) is 19.3 Å². The summed E-state index contributed by atoms with van der Waals surface area (Å²) in [6.45, 7) is 2.69. The van der Waals surface area contributed by atoms with Crippen LogP contribution in [0.3, 0.4) is 0 Å². The minimum atomic E-state index is -0.171. The van der Waals surface area contributed by atoms with Crippen molar-refractivity contribution in [2.24, 2.45) is 7.05 Å². The number of aryl methyl sites for hydroxylation is 4. The standard InChI is InChI=1S/C15H17FN4S/c1-3-12-13-14(19(2)18-12)20(15(21)17-13)9-8-10-6-4-5-7-11(10)16/h4-7H,3,8-9H2,1-2H3,(H,17,21). The highest BCUT2D eigenvalue weighted by molar-refractivity contribution is 7.71. The van der Waals surface area contributed by atoms with E-state index in [1.165, 1.54) is 6.07 Å². The van der Waals surface area contributed by atoms with Gasteiger partial charge in [-0.25, -0.2) is 4.39 Å². The maximum atomic E-state index is 13.7. The summed E-state index contributed by atoms with van der Waals surface area (Å²) < 4.78 is 18.2. The van der Waals surface area contributed by atoms with Crippen LogP contribution >= 0.6 is 12.2 Å². The van der Waals surface area contributed by atoms with Crippen LogP contribution < -0.4 is 0 Å². The van der Waals surface area contributed by atoms with E-state index >= 15 is 0 Å². The van der Waals surface area contributed by atoms with Crippen molar-refractivity contribution in [3.63, 3.8) is 0 Å². The molecule has 0 atom stereocenters. The van der Waals surface area contributed by atoms with Gasteiger partial charge in [0.1, 0.15) is 11.3 Å². The number of fused-ring (bicyclic) bond motifs is 1. The van der Waals surface area contributed by atoms with Gasteiger partial charge in [0.2, 0.25) is 0 Å². The molecule has 1 aromatic carbocycles. The SMILES string of the molecule is CCc1nn(C)c2c1[nH]c(=S)n2CCc1ccccc1F. The predicted molar refractivity (Wildman–Crippen MR) is 83.4 cm³/mol. The summed E-state index contributed by atoms with van der Waals surface area (Å²) in [4.78, 5) is 3.22. The second kappa shape index (κ2) is 5.44. The van der Waals surface area contributed by atoms with E-state index in [1.807, 2.05) is 28.4 Å². The van der Waals surface area contributed by atoms with Crippen molar-refractivity contribution < 1.29 is 4.39 Å². The van der Waals surface area contributed by atoms with Crippen LogP contribution in [0.2, 0.25) is 0 Å². The molecule has 2 aromatic heterocycles. The number of benzene rings is 1. The number of halogens is 1. The third-order valence-corrected chi connectivity index (χ3v) is 4.04. The number of H-pyrrole nitrogens is 1. The Balaban J connectivity index is 1.98. The van der Waals surface area contributed by atoms with Crippen LogP contribution in [0.4, 0.5) is 4.39 Å². The molecule has 0 amide bonds. The van der Waals surface area contributed by atoms with Crippen LogP contribution in [-0.4, -0.2) is 19.3 Å². The zero-order valence-corrected chi connectivity index (χ0v) is 12.9. The summed E-state index contributed by atoms with van der Waals surface area (Å²) in [6.07, 6.45) is 1.44. The minimum Gasteiger partial charge on any atom is -0.328 e. The van der Waals surface area contributed by atoms with Gasteiger partial charge in [-0.2, -0.15) is 5.10 Å². The van der Waals surface area contributed by atoms with E-state index < -0.39 is 0 Å². The highest BCUT2D eigenvalue weighted by Crippen LogP contribution is 2.19. The van der Waals surface area contributed by atoms with Gasteiger partial charge in [0.05, 0.1) is 5.69 Å². The molecule has 0 radical (unpaired) electrons. The number of aromatic nitrogens is 4. The first-order chi connectivity index (χ1) is 10.1. The van der Waals surface area contributed by atoms with Crippen molar-refractivity contribution in [2.75, 3.05) is 0 Å². The summed E-state index contributed by atoms with van der Waals surface area (Å²) in [5.74, 6) is -0.171. The molecule has 4 nitrogen and oxygen atoms in total. The number of nitrogens with one attached hydrogen (secondary N) is 1. The summed E-state index contributed by atoms with van der Waals surface area (Å²) in [5, 5.41) is 4.49. The zero-order chi connectivity index (χ0) is 15.0. The lowest BCUT2D eigenvalue weighted by Gasteiger charge is -2.06. The van der Waals surface area contributed by atoms with Crippen LogP contribution in [0, 0.1) is 10.6 Å². The van der Waals surface area contributed by atoms with E-state index in [2.05, 4.69) is 17.0 Å². The highest BCUT2D eigenvalue weighted by atomic mass is 32.1. The molecule has 0 saturated heterocycles. The molecule has 3 aromatic rings. The Morgan fingerprint density at radius 2 is 2.10 bits per heavy atom. The maximum Gasteiger partial charge on any atom is 0.179 e. The topological polar surface area (TPSA) is 38.5 Å². The lowest BCUT2D eigenvalue weighted by atomic mass is 10.1. The fraction of sp³-hybridized carbons (Fsp3) is 0.333. The van der Waals surface area contributed by atoms with Crippen LogP contribution in [-0.2, 0) is 26.4 Å². The van der Waals surface area contributed by atoms with Crippen LogP contribution in [0.1, 0.15) is 18.2 Å². The molecule has 0 spiro atoms. The molecule has 0 fully saturated rings. The molecule has 2 heterocycles. The van der Waals surface area contributed by atoms with Gasteiger partial charge in [-0.3, -0.25) is 4.68 Å². The summed E-state index contributed by atoms with van der Waals surface area (Å²) >= 11 is 5.39. The number of imidazole rings is 1. The number of hydrogen-bond donors (Lipinski definition) is 1. The Morgan fingerprint density at radius 3 is 2.81 bits per heavy atom. The van der Waals surface area contributed by atoms with Gasteiger partial charge in [-0.05, 0) is 36.7 Å². The molecule has 6 heteroatoms. The predicted octanol–water partition coefficient (Wildman–Crippen LogP) is 3.38. The lowest BCUT2D eigenvalue weighted by molar-refractivity contribution is 0.591. The first-order valence-electron chi connectivity index (χ1n) is 6.99. The van der Waals surface area contributed by atoms with Gasteiger partial charge in [-0.15, -0.1) is 0 Å². The third kappa shape index (κ3) is 2.40. The molecule has 0 unspecified atom stereocenters. The second-order valence-electron chi connectivity index (χ2n) is 5.05. The Labute approximate surface area is 127 Å². The van der Waals surface area contributed by atoms with Crippen molar-refractivity contribution in [1.29, 1.82) is 0 Å². The van der Waals surface area contributed by atoms with Crippen molar-refractivity contribution in [2.45, 2.75) is 26.3 Å². The number of rotatable bonds is 4. The normalized spacial score (nSPS) is 11.4. The largest absolute Gasteiger partial charge is 0.328 e. The molecule has 110 valence electrons. The van der Waals surface area contributed by atoms with Gasteiger partial charge in [0.15, 0.2) is 10.4 Å². The smallest absolute Gasteiger partial charge is 0.179 e. The molecule has 1 N–H and O–H groups in total. The molecule has 21 heavy (non-hydrogen) atoms. The van der Waals surface area contributed by atoms with Crippen LogP contribution in [0.5, 0.6) is 0 Å². The first kappa shape index (κ1) is 14.0. The zero-order valence-electron chi connectivity index (χ0n) is 12.1. The average Bonchev–Trinajstić information content (AvgIpc) is 2.95. The van der Waals surface area contributed by atoms with Crippen LogP contribution in [0.15, 0.2) is 24.3 Å². The third-order valence-electron chi connectivity index (χ3n) is 3.72. The Morgan fingerprint density at radius 1 is 1.33 bits per heavy atom. The molecule has 0 saturated carbocycles. The van der Waals surface area contributed by atoms with Gasteiger partial charge >= 0.3 is 0 Å². The Kier molecular flexibility index (Phi) is 3.63. The number of aromatic amines is 1. The molecular weight excluding hydrogens is 287 g/mol. The van der Waals surface area contributed by atoms with E-state index in [9.17, 15) is 4.39 Å². The molecule has 0 aliphatic rings. The van der Waals surface area contributed by atoms with E-state index in [4.69, 9.17) is 12.2 Å². The van der Waals surface area contributed by atoms with Crippen molar-refractivity contribution >= 4 is 23.4 Å². The molecule has 3 rings (SSSR count). The second-order valence-corrected chi connectivity index (χ2v) is 5.43. The molecule has 0 aliphatic heterocycles. The van der Waals surface area contributed by atoms with E-state index in [0.717, 1.165) is 23.3 Å². The van der Waals surface area contributed by atoms with Crippen LogP contribution in [0.25, 0.3) is 11.2 Å². The van der Waals surface area contributed by atoms with Gasteiger partial charge in [0.25, 0.3) is 0 Å². The van der Waals surface area contributed by atoms with Gasteiger partial charge < -0.3 is 9.55 Å². The monoisotopic (exact) mass is 304 g/mol. The van der Waals surface area contributed by atoms with E-state index in [0.29, 0.717) is 23.3 Å². The summed E-state index contributed by atoms with van der Waals surface area (Å²) in [5.41, 5.74) is 3.65. The van der Waals surface area contributed by atoms with Crippen molar-refractivity contribution in [3.8, 4) is 0 Å². The van der Waals surface area contributed by atoms with Gasteiger partial charge in [-0.1, -0.05) is 25.1 Å². The van der Waals surface area contributed by atoms with Crippen molar-refractivity contribution in [3.05, 3.63) is 46.1 Å². The number of hydrogen-bond acceptors (Lipinski definition) is 2. The van der Waals surface area contributed by atoms with E-state index in [-0.39, 0.29) is 5.82 Å².